The van der Waals surface area contributed by atoms with Gasteiger partial charge in [-0.05, 0) is 0 Å². The van der Waals surface area contributed by atoms with Gasteiger partial charge in [0, 0.05) is 0 Å². The van der Waals surface area contributed by atoms with Gasteiger partial charge in [-0.2, -0.15) is 0 Å². The van der Waals surface area contributed by atoms with Crippen molar-refractivity contribution in [3.63, 3.8) is 0 Å². The van der Waals surface area contributed by atoms with Gasteiger partial charge in [-0.15, -0.1) is 0 Å². The summed E-state index contributed by atoms with van der Waals surface area (Å²) in [4.78, 5) is 0. The molecule has 0 saturated carbocycles. The number of allylic oxidation sites excluding steroid dienone is 1. The molecule has 0 N–H and O–H groups in total. The van der Waals surface area contributed by atoms with Crippen LogP contribution in [-0.4, -0.2) is 9.52 Å². The molecule has 202 valence electrons. The van der Waals surface area contributed by atoms with E-state index in [4.69, 9.17) is 17.0 Å². The first-order valence-electron chi connectivity index (χ1n) is 14.5. The third-order valence-electron chi connectivity index (χ3n) is 8.86. The number of hydrogen-bond donors (Lipinski definition) is 0. The summed E-state index contributed by atoms with van der Waals surface area (Å²) in [5.74, 6) is 0. The number of halogens is 2. The van der Waals surface area contributed by atoms with Gasteiger partial charge in [0.25, 0.3) is 0 Å². The Morgan fingerprint density at radius 1 is 0.732 bits per heavy atom. The van der Waals surface area contributed by atoms with Gasteiger partial charge >= 0.3 is 259 Å². The molecule has 4 heteroatoms. The summed E-state index contributed by atoms with van der Waals surface area (Å²) in [6.45, 7) is 6.64. The Kier molecular flexibility index (Phi) is 7.11. The second-order valence-electron chi connectivity index (χ2n) is 11.5. The third-order valence-corrected chi connectivity index (χ3v) is 23.1. The van der Waals surface area contributed by atoms with E-state index < -0.39 is 27.4 Å². The molecule has 1 unspecified atom stereocenters. The first-order valence-corrected chi connectivity index (χ1v) is 24.9. The standard InChI is InChI=1S/C25H23.C12H9Si.2ClH.Zr/c1-4-19-10-11-21-15-22(20-8-6-5-7-9-20)16-24(21)25(19)23-13-17(2)12-18(3)14-23;1-3-7-11-9(5-1)10-6-2-4-8-12(10)13-11;;;/h5-16H,4H2,1-3H3;1-7H,13H2;2*1H;/q;;;;+2/p-2. The molecule has 5 aromatic rings. The molecule has 1 atom stereocenters. The average molecular weight is 667 g/mol. The van der Waals surface area contributed by atoms with Crippen LogP contribution in [0.2, 0.25) is 0 Å². The molecule has 0 saturated heterocycles. The molecule has 1 aliphatic heterocycles. The first kappa shape index (κ1) is 27.4. The Morgan fingerprint density at radius 3 is 2.20 bits per heavy atom. The van der Waals surface area contributed by atoms with E-state index in [1.165, 1.54) is 74.9 Å². The molecule has 0 nitrogen and oxygen atoms in total. The van der Waals surface area contributed by atoms with Crippen LogP contribution in [0, 0.1) is 13.8 Å². The number of rotatable bonds is 5. The molecule has 0 radical (unpaired) electrons. The summed E-state index contributed by atoms with van der Waals surface area (Å²) in [6.07, 6.45) is 3.40. The molecule has 5 aromatic carbocycles. The van der Waals surface area contributed by atoms with Gasteiger partial charge < -0.3 is 0 Å². The molecular formula is C37H32Cl2SiZr. The summed E-state index contributed by atoms with van der Waals surface area (Å²) in [6, 6.07) is 38.0. The van der Waals surface area contributed by atoms with Crippen LogP contribution in [0.15, 0.2) is 103 Å². The zero-order valence-electron chi connectivity index (χ0n) is 23.6. The maximum atomic E-state index is 7.95. The van der Waals surface area contributed by atoms with Crippen molar-refractivity contribution in [1.29, 1.82) is 0 Å². The molecule has 0 amide bonds. The zero-order valence-corrected chi connectivity index (χ0v) is 29.0. The van der Waals surface area contributed by atoms with Crippen LogP contribution >= 0.6 is 17.0 Å². The van der Waals surface area contributed by atoms with Gasteiger partial charge in [0.2, 0.25) is 0 Å². The van der Waals surface area contributed by atoms with Crippen LogP contribution in [-0.2, 0) is 24.3 Å². The Balaban J connectivity index is 1.47. The van der Waals surface area contributed by atoms with E-state index in [9.17, 15) is 0 Å². The van der Waals surface area contributed by atoms with E-state index in [1.54, 1.807) is 0 Å². The van der Waals surface area contributed by atoms with E-state index in [2.05, 4.69) is 130 Å². The second kappa shape index (κ2) is 10.7. The fourth-order valence-electron chi connectivity index (χ4n) is 7.15. The third kappa shape index (κ3) is 4.59. The van der Waals surface area contributed by atoms with Crippen LogP contribution < -0.4 is 13.6 Å². The molecular weight excluding hydrogens is 635 g/mol. The van der Waals surface area contributed by atoms with Crippen molar-refractivity contribution < 1.29 is 17.9 Å². The molecule has 7 rings (SSSR count). The van der Waals surface area contributed by atoms with Crippen molar-refractivity contribution in [2.45, 2.75) is 30.8 Å². The maximum absolute atomic E-state index is 7.95. The van der Waals surface area contributed by atoms with Crippen LogP contribution in [0.25, 0.3) is 33.9 Å². The van der Waals surface area contributed by atoms with Crippen molar-refractivity contribution in [1.82, 2.24) is 0 Å². The number of benzene rings is 5. The second-order valence-corrected chi connectivity index (χ2v) is 27.3. The van der Waals surface area contributed by atoms with Gasteiger partial charge in [0.15, 0.2) is 0 Å². The summed E-state index contributed by atoms with van der Waals surface area (Å²) in [5, 5.41) is 2.97. The van der Waals surface area contributed by atoms with Crippen molar-refractivity contribution >= 4 is 51.8 Å². The fraction of sp³-hybridized carbons (Fsp3) is 0.135. The average Bonchev–Trinajstić information content (AvgIpc) is 3.56. The van der Waals surface area contributed by atoms with Crippen LogP contribution in [0.5, 0.6) is 0 Å². The molecule has 0 fully saturated rings. The molecule has 41 heavy (non-hydrogen) atoms. The Morgan fingerprint density at radius 2 is 1.44 bits per heavy atom. The van der Waals surface area contributed by atoms with Crippen LogP contribution in [0.4, 0.5) is 0 Å². The Labute approximate surface area is 257 Å². The van der Waals surface area contributed by atoms with Crippen molar-refractivity contribution in [2.75, 3.05) is 0 Å². The van der Waals surface area contributed by atoms with E-state index in [-0.39, 0.29) is 3.63 Å². The fourth-order valence-corrected chi connectivity index (χ4v) is 23.6. The van der Waals surface area contributed by atoms with Gasteiger partial charge in [-0.25, -0.2) is 0 Å². The van der Waals surface area contributed by atoms with Crippen molar-refractivity contribution in [3.05, 3.63) is 137 Å². The van der Waals surface area contributed by atoms with E-state index in [0.29, 0.717) is 0 Å². The van der Waals surface area contributed by atoms with E-state index >= 15 is 0 Å². The summed E-state index contributed by atoms with van der Waals surface area (Å²) in [5.41, 5.74) is 14.4. The minimum absolute atomic E-state index is 0.00445. The first-order chi connectivity index (χ1) is 19.9. The quantitative estimate of drug-likeness (QED) is 0.164. The molecule has 1 aliphatic carbocycles. The van der Waals surface area contributed by atoms with Gasteiger partial charge in [-0.1, -0.05) is 0 Å². The number of fused-ring (bicyclic) bond motifs is 4. The molecule has 2 aliphatic rings. The van der Waals surface area contributed by atoms with Crippen molar-refractivity contribution in [3.8, 4) is 22.3 Å². The van der Waals surface area contributed by atoms with Crippen molar-refractivity contribution in [2.24, 2.45) is 0 Å². The Bertz CT molecular complexity index is 1840. The minimum atomic E-state index is -4.11. The molecule has 0 bridgehead atoms. The molecule has 0 aromatic heterocycles. The zero-order chi connectivity index (χ0) is 28.3. The van der Waals surface area contributed by atoms with E-state index in [1.807, 2.05) is 0 Å². The summed E-state index contributed by atoms with van der Waals surface area (Å²) >= 11 is -4.11. The Hall–Kier alpha value is -2.48. The van der Waals surface area contributed by atoms with Gasteiger partial charge in [-0.3, -0.25) is 0 Å². The summed E-state index contributed by atoms with van der Waals surface area (Å²) < 4.78 is 1.28. The normalized spacial score (nSPS) is 15.9. The monoisotopic (exact) mass is 664 g/mol. The predicted octanol–water partition coefficient (Wildman–Crippen LogP) is 8.02. The van der Waals surface area contributed by atoms with Crippen LogP contribution in [0.3, 0.4) is 0 Å². The number of hydrogen-bond acceptors (Lipinski definition) is 0. The SMILES string of the molecule is CCc1ccc2c(c1-c1cc(C)cc(C)c1)C=C(c1ccccc1)[CH]2[Zr]([Cl])([Cl])[c]1cccc2c1[SiH2]c1ccccc1-2. The topological polar surface area (TPSA) is 0 Å². The molecule has 0 spiro atoms. The number of aryl methyl sites for hydroxylation is 3. The summed E-state index contributed by atoms with van der Waals surface area (Å²) in [7, 11) is 15.2. The van der Waals surface area contributed by atoms with Crippen LogP contribution in [0.1, 0.15) is 43.9 Å². The van der Waals surface area contributed by atoms with E-state index in [0.717, 1.165) is 6.42 Å². The predicted molar refractivity (Wildman–Crippen MR) is 179 cm³/mol. The molecule has 1 heterocycles. The van der Waals surface area contributed by atoms with Gasteiger partial charge in [0.1, 0.15) is 0 Å². The van der Waals surface area contributed by atoms with Gasteiger partial charge in [0.05, 0.1) is 0 Å².